The first kappa shape index (κ1) is 13.5. The number of nitrogens with one attached hydrogen (secondary N) is 1. The van der Waals surface area contributed by atoms with Crippen LogP contribution in [-0.4, -0.2) is 30.7 Å². The number of nitrogens with two attached hydrogens (primary N) is 1. The molecular formula is C12H24N2O2. The van der Waals surface area contributed by atoms with E-state index in [2.05, 4.69) is 5.32 Å². The summed E-state index contributed by atoms with van der Waals surface area (Å²) in [5.41, 5.74) is 5.54. The minimum Gasteiger partial charge on any atom is -0.361 e. The molecule has 0 aliphatic heterocycles. The lowest BCUT2D eigenvalue weighted by molar-refractivity contribution is -0.148. The molecule has 0 bridgehead atoms. The molecule has 1 saturated carbocycles. The van der Waals surface area contributed by atoms with Crippen LogP contribution in [0.25, 0.3) is 0 Å². The third-order valence-electron chi connectivity index (χ3n) is 3.28. The van der Waals surface area contributed by atoms with Gasteiger partial charge in [0.25, 0.3) is 0 Å². The molecule has 1 aliphatic carbocycles. The maximum Gasteiger partial charge on any atom is 0.248 e. The number of ether oxygens (including phenoxy) is 1. The molecule has 4 nitrogen and oxygen atoms in total. The predicted octanol–water partition coefficient (Wildman–Crippen LogP) is 1.19. The third kappa shape index (κ3) is 3.46. The van der Waals surface area contributed by atoms with Crippen LogP contribution in [0.4, 0.5) is 0 Å². The molecule has 0 heterocycles. The van der Waals surface area contributed by atoms with E-state index >= 15 is 0 Å². The zero-order valence-corrected chi connectivity index (χ0v) is 10.4. The second-order valence-electron chi connectivity index (χ2n) is 4.60. The summed E-state index contributed by atoms with van der Waals surface area (Å²) in [7, 11) is 0. The van der Waals surface area contributed by atoms with Gasteiger partial charge < -0.3 is 15.8 Å². The summed E-state index contributed by atoms with van der Waals surface area (Å²) >= 11 is 0. The SMILES string of the molecule is CCNC(=O)C(C)OC1(CN)CCCCC1. The van der Waals surface area contributed by atoms with Crippen molar-refractivity contribution in [3.05, 3.63) is 0 Å². The summed E-state index contributed by atoms with van der Waals surface area (Å²) in [4.78, 5) is 11.6. The van der Waals surface area contributed by atoms with E-state index in [4.69, 9.17) is 10.5 Å². The minimum absolute atomic E-state index is 0.0408. The zero-order valence-electron chi connectivity index (χ0n) is 10.4. The Labute approximate surface area is 97.9 Å². The average molecular weight is 228 g/mol. The highest BCUT2D eigenvalue weighted by Crippen LogP contribution is 2.31. The molecule has 0 spiro atoms. The standard InChI is InChI=1S/C12H24N2O2/c1-3-14-11(15)10(2)16-12(9-13)7-5-4-6-8-12/h10H,3-9,13H2,1-2H3,(H,14,15). The van der Waals surface area contributed by atoms with E-state index in [9.17, 15) is 4.79 Å². The summed E-state index contributed by atoms with van der Waals surface area (Å²) < 4.78 is 5.91. The van der Waals surface area contributed by atoms with E-state index in [1.807, 2.05) is 6.92 Å². The maximum absolute atomic E-state index is 11.6. The monoisotopic (exact) mass is 228 g/mol. The van der Waals surface area contributed by atoms with Crippen molar-refractivity contribution < 1.29 is 9.53 Å². The van der Waals surface area contributed by atoms with Crippen LogP contribution in [0.5, 0.6) is 0 Å². The van der Waals surface area contributed by atoms with E-state index < -0.39 is 6.10 Å². The van der Waals surface area contributed by atoms with Gasteiger partial charge in [-0.15, -0.1) is 0 Å². The molecule has 1 rings (SSSR count). The summed E-state index contributed by atoms with van der Waals surface area (Å²) in [5.74, 6) is -0.0408. The van der Waals surface area contributed by atoms with Crippen LogP contribution < -0.4 is 11.1 Å². The smallest absolute Gasteiger partial charge is 0.248 e. The van der Waals surface area contributed by atoms with Crippen LogP contribution in [0.15, 0.2) is 0 Å². The Hall–Kier alpha value is -0.610. The zero-order chi connectivity index (χ0) is 12.0. The predicted molar refractivity (Wildman–Crippen MR) is 64.1 cm³/mol. The molecule has 3 N–H and O–H groups in total. The van der Waals surface area contributed by atoms with Crippen LogP contribution in [0.1, 0.15) is 46.0 Å². The second kappa shape index (κ2) is 6.21. The molecule has 0 aromatic carbocycles. The second-order valence-corrected chi connectivity index (χ2v) is 4.60. The van der Waals surface area contributed by atoms with Crippen LogP contribution in [0.2, 0.25) is 0 Å². The van der Waals surface area contributed by atoms with Crippen molar-refractivity contribution in [2.45, 2.75) is 57.7 Å². The number of hydrogen-bond acceptors (Lipinski definition) is 3. The van der Waals surface area contributed by atoms with Gasteiger partial charge in [0.1, 0.15) is 6.10 Å². The molecular weight excluding hydrogens is 204 g/mol. The molecule has 0 aromatic rings. The number of carbonyl (C=O) groups is 1. The number of carbonyl (C=O) groups excluding carboxylic acids is 1. The number of amides is 1. The summed E-state index contributed by atoms with van der Waals surface area (Å²) in [6.07, 6.45) is 5.11. The van der Waals surface area contributed by atoms with Crippen LogP contribution in [0.3, 0.4) is 0 Å². The molecule has 1 fully saturated rings. The third-order valence-corrected chi connectivity index (χ3v) is 3.28. The fourth-order valence-corrected chi connectivity index (χ4v) is 2.31. The summed E-state index contributed by atoms with van der Waals surface area (Å²) in [6.45, 7) is 4.86. The largest absolute Gasteiger partial charge is 0.361 e. The van der Waals surface area contributed by atoms with Gasteiger partial charge in [-0.3, -0.25) is 4.79 Å². The van der Waals surface area contributed by atoms with Crippen LogP contribution >= 0.6 is 0 Å². The Morgan fingerprint density at radius 3 is 2.56 bits per heavy atom. The van der Waals surface area contributed by atoms with E-state index in [0.717, 1.165) is 25.7 Å². The summed E-state index contributed by atoms with van der Waals surface area (Å²) in [6, 6.07) is 0. The molecule has 1 amide bonds. The van der Waals surface area contributed by atoms with Crippen molar-refractivity contribution in [2.75, 3.05) is 13.1 Å². The van der Waals surface area contributed by atoms with Crippen LogP contribution in [-0.2, 0) is 9.53 Å². The lowest BCUT2D eigenvalue weighted by Crippen LogP contribution is -2.48. The lowest BCUT2D eigenvalue weighted by Gasteiger charge is -2.38. The number of rotatable bonds is 5. The van der Waals surface area contributed by atoms with Gasteiger partial charge in [0.2, 0.25) is 5.91 Å². The first-order valence-electron chi connectivity index (χ1n) is 6.29. The Bertz CT molecular complexity index is 225. The molecule has 1 unspecified atom stereocenters. The Balaban J connectivity index is 2.51. The molecule has 16 heavy (non-hydrogen) atoms. The lowest BCUT2D eigenvalue weighted by atomic mass is 9.84. The molecule has 1 atom stereocenters. The number of likely N-dealkylation sites (N-methyl/N-ethyl adjacent to an activating group) is 1. The Morgan fingerprint density at radius 1 is 1.44 bits per heavy atom. The highest BCUT2D eigenvalue weighted by atomic mass is 16.5. The maximum atomic E-state index is 11.6. The Kier molecular flexibility index (Phi) is 5.22. The molecule has 0 radical (unpaired) electrons. The molecule has 0 saturated heterocycles. The van der Waals surface area contributed by atoms with Gasteiger partial charge in [0, 0.05) is 13.1 Å². The minimum atomic E-state index is -0.401. The molecule has 0 aromatic heterocycles. The highest BCUT2D eigenvalue weighted by molar-refractivity contribution is 5.80. The molecule has 4 heteroatoms. The van der Waals surface area contributed by atoms with Crippen molar-refractivity contribution in [3.63, 3.8) is 0 Å². The van der Waals surface area contributed by atoms with Gasteiger partial charge in [-0.25, -0.2) is 0 Å². The average Bonchev–Trinajstić information content (AvgIpc) is 2.30. The van der Waals surface area contributed by atoms with Crippen molar-refractivity contribution in [3.8, 4) is 0 Å². The first-order valence-corrected chi connectivity index (χ1v) is 6.29. The van der Waals surface area contributed by atoms with E-state index in [0.29, 0.717) is 13.1 Å². The van der Waals surface area contributed by atoms with Gasteiger partial charge in [-0.05, 0) is 26.7 Å². The Morgan fingerprint density at radius 2 is 2.06 bits per heavy atom. The molecule has 94 valence electrons. The number of hydrogen-bond donors (Lipinski definition) is 2. The van der Waals surface area contributed by atoms with E-state index in [1.54, 1.807) is 6.92 Å². The highest BCUT2D eigenvalue weighted by Gasteiger charge is 2.34. The normalized spacial score (nSPS) is 21.4. The summed E-state index contributed by atoms with van der Waals surface area (Å²) in [5, 5.41) is 2.77. The fourth-order valence-electron chi connectivity index (χ4n) is 2.31. The van der Waals surface area contributed by atoms with E-state index in [1.165, 1.54) is 6.42 Å². The van der Waals surface area contributed by atoms with Crippen LogP contribution in [0, 0.1) is 0 Å². The van der Waals surface area contributed by atoms with Gasteiger partial charge in [-0.2, -0.15) is 0 Å². The first-order chi connectivity index (χ1) is 7.63. The topological polar surface area (TPSA) is 64.3 Å². The van der Waals surface area contributed by atoms with Gasteiger partial charge in [-0.1, -0.05) is 19.3 Å². The van der Waals surface area contributed by atoms with Gasteiger partial charge >= 0.3 is 0 Å². The van der Waals surface area contributed by atoms with Crippen molar-refractivity contribution >= 4 is 5.91 Å². The van der Waals surface area contributed by atoms with Gasteiger partial charge in [0.15, 0.2) is 0 Å². The van der Waals surface area contributed by atoms with Gasteiger partial charge in [0.05, 0.1) is 5.60 Å². The fraction of sp³-hybridized carbons (Fsp3) is 0.917. The quantitative estimate of drug-likeness (QED) is 0.743. The van der Waals surface area contributed by atoms with Crippen molar-refractivity contribution in [2.24, 2.45) is 5.73 Å². The van der Waals surface area contributed by atoms with E-state index in [-0.39, 0.29) is 11.5 Å². The molecule has 1 aliphatic rings. The van der Waals surface area contributed by atoms with Crippen molar-refractivity contribution in [1.29, 1.82) is 0 Å². The van der Waals surface area contributed by atoms with Crippen molar-refractivity contribution in [1.82, 2.24) is 5.32 Å².